The van der Waals surface area contributed by atoms with Crippen LogP contribution < -0.4 is 4.74 Å². The zero-order valence-corrected chi connectivity index (χ0v) is 12.6. The standard InChI is InChI=1S/C16H17F3N2O2/c1-20(10-21-13-7-6-11(8-13)15(21)22)9-12-4-2-3-5-14(12)23-16(17,18)19/h2-7,11,13H,8-10H2,1H3. The molecule has 23 heavy (non-hydrogen) atoms. The largest absolute Gasteiger partial charge is 0.573 e. The monoisotopic (exact) mass is 326 g/mol. The number of halogens is 3. The molecule has 1 aliphatic heterocycles. The molecule has 0 aromatic heterocycles. The Balaban J connectivity index is 1.65. The van der Waals surface area contributed by atoms with Crippen LogP contribution in [0.25, 0.3) is 0 Å². The van der Waals surface area contributed by atoms with Gasteiger partial charge in [-0.3, -0.25) is 9.69 Å². The summed E-state index contributed by atoms with van der Waals surface area (Å²) in [7, 11) is 1.77. The van der Waals surface area contributed by atoms with E-state index in [-0.39, 0.29) is 30.2 Å². The Morgan fingerprint density at radius 3 is 2.70 bits per heavy atom. The highest BCUT2D eigenvalue weighted by Crippen LogP contribution is 2.33. The lowest BCUT2D eigenvalue weighted by Crippen LogP contribution is -2.42. The van der Waals surface area contributed by atoms with E-state index in [0.717, 1.165) is 6.42 Å². The SMILES string of the molecule is CN(Cc1ccccc1OC(F)(F)F)CN1C(=O)C2C=CC1C2. The van der Waals surface area contributed by atoms with Crippen molar-refractivity contribution in [2.75, 3.05) is 13.7 Å². The molecule has 124 valence electrons. The molecule has 0 saturated carbocycles. The normalized spacial score (nSPS) is 23.2. The number of rotatable bonds is 5. The molecule has 2 bridgehead atoms. The molecule has 1 fully saturated rings. The second-order valence-corrected chi connectivity index (χ2v) is 5.91. The fourth-order valence-corrected chi connectivity index (χ4v) is 3.10. The Morgan fingerprint density at radius 2 is 2.04 bits per heavy atom. The van der Waals surface area contributed by atoms with Crippen LogP contribution in [0.2, 0.25) is 0 Å². The first-order valence-corrected chi connectivity index (χ1v) is 7.34. The van der Waals surface area contributed by atoms with Gasteiger partial charge in [0.25, 0.3) is 0 Å². The lowest BCUT2D eigenvalue weighted by molar-refractivity contribution is -0.275. The maximum absolute atomic E-state index is 12.4. The van der Waals surface area contributed by atoms with Crippen molar-refractivity contribution in [1.29, 1.82) is 0 Å². The first-order valence-electron chi connectivity index (χ1n) is 7.34. The minimum Gasteiger partial charge on any atom is -0.405 e. The smallest absolute Gasteiger partial charge is 0.405 e. The molecule has 1 saturated heterocycles. The molecule has 1 aliphatic carbocycles. The first kappa shape index (κ1) is 15.9. The van der Waals surface area contributed by atoms with Gasteiger partial charge in [0.2, 0.25) is 5.91 Å². The van der Waals surface area contributed by atoms with Gasteiger partial charge >= 0.3 is 6.36 Å². The maximum Gasteiger partial charge on any atom is 0.573 e. The minimum absolute atomic E-state index is 0.0331. The van der Waals surface area contributed by atoms with E-state index in [9.17, 15) is 18.0 Å². The van der Waals surface area contributed by atoms with Crippen LogP contribution in [0, 0.1) is 5.92 Å². The Kier molecular flexibility index (Phi) is 4.06. The summed E-state index contributed by atoms with van der Waals surface area (Å²) < 4.78 is 41.4. The van der Waals surface area contributed by atoms with E-state index >= 15 is 0 Å². The number of fused-ring (bicyclic) bond motifs is 2. The third-order valence-corrected chi connectivity index (χ3v) is 4.09. The molecule has 2 unspecified atom stereocenters. The molecule has 1 heterocycles. The number of likely N-dealkylation sites (tertiary alicyclic amines) is 1. The summed E-state index contributed by atoms with van der Waals surface area (Å²) in [6, 6.07) is 6.16. The second kappa shape index (κ2) is 5.88. The molecule has 2 atom stereocenters. The van der Waals surface area contributed by atoms with Crippen LogP contribution in [0.5, 0.6) is 5.75 Å². The lowest BCUT2D eigenvalue weighted by atomic mass is 10.1. The minimum atomic E-state index is -4.72. The van der Waals surface area contributed by atoms with Crippen molar-refractivity contribution in [3.8, 4) is 5.75 Å². The molecule has 1 aromatic carbocycles. The Hall–Kier alpha value is -2.02. The fourth-order valence-electron chi connectivity index (χ4n) is 3.10. The highest BCUT2D eigenvalue weighted by atomic mass is 19.4. The van der Waals surface area contributed by atoms with E-state index in [4.69, 9.17) is 0 Å². The number of alkyl halides is 3. The number of benzene rings is 1. The number of hydrogen-bond donors (Lipinski definition) is 0. The Morgan fingerprint density at radius 1 is 1.30 bits per heavy atom. The average Bonchev–Trinajstić information content (AvgIpc) is 3.03. The van der Waals surface area contributed by atoms with Crippen molar-refractivity contribution in [2.24, 2.45) is 5.92 Å². The molecule has 4 nitrogen and oxygen atoms in total. The van der Waals surface area contributed by atoms with Crippen LogP contribution in [0.15, 0.2) is 36.4 Å². The molecule has 7 heteroatoms. The molecular weight excluding hydrogens is 309 g/mol. The molecular formula is C16H17F3N2O2. The van der Waals surface area contributed by atoms with E-state index in [1.807, 2.05) is 17.1 Å². The predicted octanol–water partition coefficient (Wildman–Crippen LogP) is 2.76. The fraction of sp³-hybridized carbons (Fsp3) is 0.438. The topological polar surface area (TPSA) is 32.8 Å². The number of nitrogens with zero attached hydrogens (tertiary/aromatic N) is 2. The summed E-state index contributed by atoms with van der Waals surface area (Å²) in [5.74, 6) is -0.153. The number of carbonyl (C=O) groups is 1. The summed E-state index contributed by atoms with van der Waals surface area (Å²) in [4.78, 5) is 15.7. The van der Waals surface area contributed by atoms with Crippen molar-refractivity contribution in [3.63, 3.8) is 0 Å². The van der Waals surface area contributed by atoms with Crippen LogP contribution in [0.3, 0.4) is 0 Å². The molecule has 3 rings (SSSR count). The van der Waals surface area contributed by atoms with Gasteiger partial charge in [-0.15, -0.1) is 13.2 Å². The summed E-state index contributed by atoms with van der Waals surface area (Å²) in [5, 5.41) is 0. The van der Waals surface area contributed by atoms with Crippen molar-refractivity contribution in [1.82, 2.24) is 9.80 Å². The molecule has 0 spiro atoms. The Bertz CT molecular complexity index is 630. The van der Waals surface area contributed by atoms with Gasteiger partial charge in [0.1, 0.15) is 5.75 Å². The van der Waals surface area contributed by atoms with Crippen LogP contribution in [0.1, 0.15) is 12.0 Å². The lowest BCUT2D eigenvalue weighted by Gasteiger charge is -2.29. The first-order chi connectivity index (χ1) is 10.8. The zero-order valence-electron chi connectivity index (χ0n) is 12.6. The zero-order chi connectivity index (χ0) is 16.6. The van der Waals surface area contributed by atoms with E-state index in [0.29, 0.717) is 12.2 Å². The third kappa shape index (κ3) is 3.50. The van der Waals surface area contributed by atoms with E-state index < -0.39 is 6.36 Å². The van der Waals surface area contributed by atoms with Crippen molar-refractivity contribution >= 4 is 5.91 Å². The third-order valence-electron chi connectivity index (χ3n) is 4.09. The van der Waals surface area contributed by atoms with Gasteiger partial charge < -0.3 is 9.64 Å². The quantitative estimate of drug-likeness (QED) is 0.780. The van der Waals surface area contributed by atoms with Gasteiger partial charge in [-0.05, 0) is 19.5 Å². The van der Waals surface area contributed by atoms with Crippen molar-refractivity contribution in [3.05, 3.63) is 42.0 Å². The average molecular weight is 326 g/mol. The molecule has 0 radical (unpaired) electrons. The molecule has 1 aromatic rings. The van der Waals surface area contributed by atoms with Crippen molar-refractivity contribution in [2.45, 2.75) is 25.4 Å². The summed E-state index contributed by atoms with van der Waals surface area (Å²) in [6.07, 6.45) is 0.0283. The number of amides is 1. The number of carbonyl (C=O) groups excluding carboxylic acids is 1. The van der Waals surface area contributed by atoms with Gasteiger partial charge in [0, 0.05) is 12.1 Å². The predicted molar refractivity (Wildman–Crippen MR) is 77.3 cm³/mol. The van der Waals surface area contributed by atoms with Gasteiger partial charge in [-0.1, -0.05) is 30.4 Å². The van der Waals surface area contributed by atoms with E-state index in [1.54, 1.807) is 24.1 Å². The van der Waals surface area contributed by atoms with Gasteiger partial charge in [0.05, 0.1) is 18.6 Å². The molecule has 2 aliphatic rings. The second-order valence-electron chi connectivity index (χ2n) is 5.91. The number of para-hydroxylation sites is 1. The van der Waals surface area contributed by atoms with Crippen LogP contribution in [0.4, 0.5) is 13.2 Å². The molecule has 1 amide bonds. The number of ether oxygens (including phenoxy) is 1. The summed E-state index contributed by atoms with van der Waals surface area (Å²) >= 11 is 0. The van der Waals surface area contributed by atoms with Crippen LogP contribution >= 0.6 is 0 Å². The van der Waals surface area contributed by atoms with Gasteiger partial charge in [-0.25, -0.2) is 0 Å². The summed E-state index contributed by atoms with van der Waals surface area (Å²) in [6.45, 7) is 0.641. The number of hydrogen-bond acceptors (Lipinski definition) is 3. The molecule has 0 N–H and O–H groups in total. The maximum atomic E-state index is 12.4. The van der Waals surface area contributed by atoms with Crippen LogP contribution in [-0.4, -0.2) is 41.8 Å². The van der Waals surface area contributed by atoms with Crippen LogP contribution in [-0.2, 0) is 11.3 Å². The highest BCUT2D eigenvalue weighted by Gasteiger charge is 2.41. The summed E-state index contributed by atoms with van der Waals surface area (Å²) in [5.41, 5.74) is 0.430. The van der Waals surface area contributed by atoms with Crippen molar-refractivity contribution < 1.29 is 22.7 Å². The van der Waals surface area contributed by atoms with Gasteiger partial charge in [0.15, 0.2) is 0 Å². The Labute approximate surface area is 132 Å². The van der Waals surface area contributed by atoms with E-state index in [2.05, 4.69) is 4.74 Å². The van der Waals surface area contributed by atoms with Gasteiger partial charge in [-0.2, -0.15) is 0 Å². The van der Waals surface area contributed by atoms with E-state index in [1.165, 1.54) is 12.1 Å². The highest BCUT2D eigenvalue weighted by molar-refractivity contribution is 5.85.